The van der Waals surface area contributed by atoms with Crippen LogP contribution in [0.15, 0.2) is 45.7 Å². The Morgan fingerprint density at radius 3 is 2.58 bits per heavy atom. The Labute approximate surface area is 137 Å². The number of nitrogens with zero attached hydrogens (tertiary/aromatic N) is 2. The van der Waals surface area contributed by atoms with E-state index < -0.39 is 0 Å². The molecule has 122 valence electrons. The third-order valence-corrected chi connectivity index (χ3v) is 3.33. The number of aromatic amines is 1. The lowest BCUT2D eigenvalue weighted by Gasteiger charge is -2.06. The molecule has 0 aliphatic rings. The summed E-state index contributed by atoms with van der Waals surface area (Å²) in [4.78, 5) is 30.5. The van der Waals surface area contributed by atoms with Crippen molar-refractivity contribution >= 4 is 11.6 Å². The highest BCUT2D eigenvalue weighted by molar-refractivity contribution is 5.92. The monoisotopic (exact) mass is 324 g/mol. The Hall–Kier alpha value is -3.22. The van der Waals surface area contributed by atoms with Crippen LogP contribution in [0.2, 0.25) is 0 Å². The first-order chi connectivity index (χ1) is 11.5. The molecule has 0 aliphatic heterocycles. The van der Waals surface area contributed by atoms with Gasteiger partial charge < -0.3 is 14.8 Å². The highest BCUT2D eigenvalue weighted by Gasteiger charge is 2.08. The van der Waals surface area contributed by atoms with Crippen LogP contribution in [0.1, 0.15) is 17.1 Å². The van der Waals surface area contributed by atoms with Gasteiger partial charge in [-0.05, 0) is 38.1 Å². The highest BCUT2D eigenvalue weighted by Crippen LogP contribution is 2.17. The van der Waals surface area contributed by atoms with E-state index >= 15 is 0 Å². The van der Waals surface area contributed by atoms with Gasteiger partial charge in [-0.15, -0.1) is 0 Å². The van der Waals surface area contributed by atoms with Crippen molar-refractivity contribution in [3.63, 3.8) is 0 Å². The number of carbonyl (C=O) groups excluding carboxylic acids is 1. The molecule has 0 fully saturated rings. The Bertz CT molecular complexity index is 926. The summed E-state index contributed by atoms with van der Waals surface area (Å²) in [5, 5.41) is 6.58. The van der Waals surface area contributed by atoms with Crippen molar-refractivity contribution < 1.29 is 9.32 Å². The molecule has 1 aromatic carbocycles. The number of hydrogen-bond donors (Lipinski definition) is 2. The molecule has 3 aromatic rings. The molecule has 2 N–H and O–H groups in total. The molecule has 3 rings (SSSR count). The first kappa shape index (κ1) is 15.7. The number of amides is 1. The van der Waals surface area contributed by atoms with Gasteiger partial charge in [-0.1, -0.05) is 5.16 Å². The third-order valence-electron chi connectivity index (χ3n) is 3.33. The van der Waals surface area contributed by atoms with Crippen LogP contribution in [-0.2, 0) is 11.2 Å². The zero-order valence-corrected chi connectivity index (χ0v) is 13.3. The SMILES string of the molecule is Cc1cc(=O)[nH]c(-c2ccc(NC(=O)Cc3cc(C)on3)cc2)n1. The van der Waals surface area contributed by atoms with E-state index in [-0.39, 0.29) is 17.9 Å². The van der Waals surface area contributed by atoms with Gasteiger partial charge in [0.2, 0.25) is 5.91 Å². The topological polar surface area (TPSA) is 101 Å². The van der Waals surface area contributed by atoms with E-state index in [9.17, 15) is 9.59 Å². The minimum Gasteiger partial charge on any atom is -0.361 e. The van der Waals surface area contributed by atoms with Gasteiger partial charge in [0.25, 0.3) is 5.56 Å². The van der Waals surface area contributed by atoms with Gasteiger partial charge in [0, 0.05) is 29.1 Å². The molecule has 7 heteroatoms. The summed E-state index contributed by atoms with van der Waals surface area (Å²) < 4.78 is 4.93. The largest absolute Gasteiger partial charge is 0.361 e. The van der Waals surface area contributed by atoms with Crippen LogP contribution in [0.3, 0.4) is 0 Å². The molecule has 0 bridgehead atoms. The summed E-state index contributed by atoms with van der Waals surface area (Å²) in [6, 6.07) is 10.2. The predicted octanol–water partition coefficient (Wildman–Crippen LogP) is 2.22. The predicted molar refractivity (Wildman–Crippen MR) is 88.6 cm³/mol. The van der Waals surface area contributed by atoms with Gasteiger partial charge in [0.15, 0.2) is 0 Å². The lowest BCUT2D eigenvalue weighted by molar-refractivity contribution is -0.115. The number of nitrogens with one attached hydrogen (secondary N) is 2. The zero-order valence-electron chi connectivity index (χ0n) is 13.3. The molecule has 0 aliphatic carbocycles. The molecule has 2 aromatic heterocycles. The Balaban J connectivity index is 1.70. The Morgan fingerprint density at radius 1 is 1.21 bits per heavy atom. The van der Waals surface area contributed by atoms with Crippen molar-refractivity contribution in [1.82, 2.24) is 15.1 Å². The number of H-pyrrole nitrogens is 1. The molecule has 0 radical (unpaired) electrons. The van der Waals surface area contributed by atoms with Crippen LogP contribution in [-0.4, -0.2) is 21.0 Å². The average molecular weight is 324 g/mol. The van der Waals surface area contributed by atoms with Gasteiger partial charge in [0.05, 0.1) is 12.1 Å². The summed E-state index contributed by atoms with van der Waals surface area (Å²) in [7, 11) is 0. The second-order valence-electron chi connectivity index (χ2n) is 5.47. The van der Waals surface area contributed by atoms with Crippen LogP contribution in [0, 0.1) is 13.8 Å². The number of aryl methyl sites for hydroxylation is 2. The molecule has 0 spiro atoms. The molecule has 1 amide bonds. The molecule has 7 nitrogen and oxygen atoms in total. The fourth-order valence-electron chi connectivity index (χ4n) is 2.30. The van der Waals surface area contributed by atoms with Gasteiger partial charge in [-0.25, -0.2) is 4.98 Å². The fourth-order valence-corrected chi connectivity index (χ4v) is 2.30. The summed E-state index contributed by atoms with van der Waals surface area (Å²) in [6.07, 6.45) is 0.145. The van der Waals surface area contributed by atoms with Crippen molar-refractivity contribution in [3.8, 4) is 11.4 Å². The summed E-state index contributed by atoms with van der Waals surface area (Å²) in [5.74, 6) is 0.982. The van der Waals surface area contributed by atoms with E-state index in [1.807, 2.05) is 0 Å². The van der Waals surface area contributed by atoms with Gasteiger partial charge in [-0.3, -0.25) is 9.59 Å². The second-order valence-corrected chi connectivity index (χ2v) is 5.47. The molecule has 0 unspecified atom stereocenters. The van der Waals surface area contributed by atoms with Gasteiger partial charge >= 0.3 is 0 Å². The molecular weight excluding hydrogens is 308 g/mol. The third kappa shape index (κ3) is 3.75. The summed E-state index contributed by atoms with van der Waals surface area (Å²) >= 11 is 0. The molecule has 2 heterocycles. The number of aromatic nitrogens is 3. The number of rotatable bonds is 4. The van der Waals surface area contributed by atoms with Crippen LogP contribution >= 0.6 is 0 Å². The Kier molecular flexibility index (Phi) is 4.24. The molecule has 0 saturated heterocycles. The van der Waals surface area contributed by atoms with Crippen LogP contribution in [0.25, 0.3) is 11.4 Å². The molecule has 24 heavy (non-hydrogen) atoms. The van der Waals surface area contributed by atoms with Gasteiger partial charge in [-0.2, -0.15) is 0 Å². The first-order valence-corrected chi connectivity index (χ1v) is 7.40. The fraction of sp³-hybridized carbons (Fsp3) is 0.176. The minimum atomic E-state index is -0.196. The Morgan fingerprint density at radius 2 is 1.96 bits per heavy atom. The maximum absolute atomic E-state index is 12.0. The quantitative estimate of drug-likeness (QED) is 0.766. The minimum absolute atomic E-state index is 0.145. The van der Waals surface area contributed by atoms with E-state index in [1.54, 1.807) is 44.2 Å². The zero-order chi connectivity index (χ0) is 17.1. The smallest absolute Gasteiger partial charge is 0.251 e. The number of benzene rings is 1. The number of hydrogen-bond acceptors (Lipinski definition) is 5. The van der Waals surface area contributed by atoms with E-state index in [1.165, 1.54) is 6.07 Å². The van der Waals surface area contributed by atoms with E-state index in [0.29, 0.717) is 28.7 Å². The maximum Gasteiger partial charge on any atom is 0.251 e. The standard InChI is InChI=1S/C17H16N4O3/c1-10-7-15(22)20-17(18-10)12-3-5-13(6-4-12)19-16(23)9-14-8-11(2)24-21-14/h3-8H,9H2,1-2H3,(H,19,23)(H,18,20,22). The molecular formula is C17H16N4O3. The van der Waals surface area contributed by atoms with Crippen molar-refractivity contribution in [3.05, 3.63) is 63.9 Å². The van der Waals surface area contributed by atoms with Crippen molar-refractivity contribution in [2.45, 2.75) is 20.3 Å². The van der Waals surface area contributed by atoms with Crippen LogP contribution in [0.5, 0.6) is 0 Å². The summed E-state index contributed by atoms with van der Waals surface area (Å²) in [6.45, 7) is 3.54. The van der Waals surface area contributed by atoms with Crippen LogP contribution < -0.4 is 10.9 Å². The van der Waals surface area contributed by atoms with Crippen molar-refractivity contribution in [2.24, 2.45) is 0 Å². The number of anilines is 1. The lowest BCUT2D eigenvalue weighted by atomic mass is 10.2. The average Bonchev–Trinajstić information content (AvgIpc) is 2.92. The summed E-state index contributed by atoms with van der Waals surface area (Å²) in [5.41, 5.74) is 2.45. The number of carbonyl (C=O) groups is 1. The normalized spacial score (nSPS) is 10.6. The van der Waals surface area contributed by atoms with E-state index in [0.717, 1.165) is 5.56 Å². The first-order valence-electron chi connectivity index (χ1n) is 7.40. The van der Waals surface area contributed by atoms with Crippen molar-refractivity contribution in [2.75, 3.05) is 5.32 Å². The van der Waals surface area contributed by atoms with E-state index in [2.05, 4.69) is 20.4 Å². The van der Waals surface area contributed by atoms with Gasteiger partial charge in [0.1, 0.15) is 11.6 Å². The van der Waals surface area contributed by atoms with E-state index in [4.69, 9.17) is 4.52 Å². The van der Waals surface area contributed by atoms with Crippen molar-refractivity contribution in [1.29, 1.82) is 0 Å². The maximum atomic E-state index is 12.0. The lowest BCUT2D eigenvalue weighted by Crippen LogP contribution is -2.14. The molecule has 0 atom stereocenters. The highest BCUT2D eigenvalue weighted by atomic mass is 16.5. The second kappa shape index (κ2) is 6.49. The van der Waals surface area contributed by atoms with Crippen LogP contribution in [0.4, 0.5) is 5.69 Å². The molecule has 0 saturated carbocycles.